The van der Waals surface area contributed by atoms with E-state index in [1.165, 1.54) is 5.56 Å². The minimum absolute atomic E-state index is 0.00629. The summed E-state index contributed by atoms with van der Waals surface area (Å²) in [5, 5.41) is 6.72. The van der Waals surface area contributed by atoms with Crippen LogP contribution in [0.15, 0.2) is 59.6 Å². The van der Waals surface area contributed by atoms with Crippen LogP contribution >= 0.6 is 0 Å². The third kappa shape index (κ3) is 8.34. The number of nitrogens with one attached hydrogen (secondary N) is 5. The van der Waals surface area contributed by atoms with Crippen LogP contribution in [0.4, 0.5) is 0 Å². The molecule has 2 saturated heterocycles. The summed E-state index contributed by atoms with van der Waals surface area (Å²) in [5.74, 6) is 0.961. The fraction of sp³-hybridized carbons (Fsp3) is 0.583. The standard InChI is InChI=1S/C36H54N8O2/c1-34(2,3)20-18-29(26-12-14-27(15-13-26)32(45)38-24-30-40-42-43-41-30)44-33(46)31(37-23-19-25-10-8-7-9-11-25)39-36(44)21-16-28(17-22-36)35(4,5)6/h7-15,28-30,40-43H,16-24H2,1-6H3,(H,37,39)(H,38,45)/p+1. The van der Waals surface area contributed by atoms with Crippen molar-refractivity contribution in [3.05, 3.63) is 71.3 Å². The molecule has 250 valence electrons. The van der Waals surface area contributed by atoms with Crippen LogP contribution in [0.5, 0.6) is 0 Å². The molecule has 1 saturated carbocycles. The number of rotatable bonds is 10. The van der Waals surface area contributed by atoms with Crippen molar-refractivity contribution in [1.82, 2.24) is 32.0 Å². The van der Waals surface area contributed by atoms with Crippen LogP contribution < -0.4 is 32.6 Å². The maximum absolute atomic E-state index is 14.5. The van der Waals surface area contributed by atoms with Crippen LogP contribution in [0.25, 0.3) is 0 Å². The third-order valence-electron chi connectivity index (χ3n) is 9.92. The molecule has 0 radical (unpaired) electrons. The Hall–Kier alpha value is -3.31. The summed E-state index contributed by atoms with van der Waals surface area (Å²) in [6.45, 7) is 14.8. The molecular weight excluding hydrogens is 576 g/mol. The number of hydrazine groups is 2. The number of nitrogens with zero attached hydrogens (tertiary/aromatic N) is 2. The van der Waals surface area contributed by atoms with Crippen molar-refractivity contribution in [1.29, 1.82) is 0 Å². The number of hydrogen-bond acceptors (Lipinski definition) is 6. The number of hydrogen-bond donors (Lipinski definition) is 6. The highest BCUT2D eigenvalue weighted by Gasteiger charge is 2.53. The zero-order chi connectivity index (χ0) is 33.0. The fourth-order valence-corrected chi connectivity index (χ4v) is 7.06. The highest BCUT2D eigenvalue weighted by Crippen LogP contribution is 2.48. The first kappa shape index (κ1) is 34.0. The molecule has 3 fully saturated rings. The maximum Gasteiger partial charge on any atom is 0.291 e. The van der Waals surface area contributed by atoms with E-state index >= 15 is 0 Å². The summed E-state index contributed by atoms with van der Waals surface area (Å²) in [5.41, 5.74) is 13.3. The predicted octanol–water partition coefficient (Wildman–Crippen LogP) is 3.71. The highest BCUT2D eigenvalue weighted by atomic mass is 16.2. The van der Waals surface area contributed by atoms with Crippen molar-refractivity contribution in [3.63, 3.8) is 0 Å². The van der Waals surface area contributed by atoms with E-state index in [0.717, 1.165) is 50.5 Å². The second-order valence-corrected chi connectivity index (χ2v) is 15.6. The molecule has 0 aromatic heterocycles. The molecule has 2 unspecified atom stereocenters. The van der Waals surface area contributed by atoms with Crippen molar-refractivity contribution in [2.45, 2.75) is 104 Å². The van der Waals surface area contributed by atoms with E-state index in [9.17, 15) is 9.59 Å². The highest BCUT2D eigenvalue weighted by molar-refractivity contribution is 6.40. The number of nitrogens with two attached hydrogens (primary N) is 1. The van der Waals surface area contributed by atoms with E-state index in [2.05, 4.69) is 85.7 Å². The first-order chi connectivity index (χ1) is 21.8. The molecule has 1 spiro atoms. The Morgan fingerprint density at radius 1 is 1.04 bits per heavy atom. The van der Waals surface area contributed by atoms with Gasteiger partial charge in [0.1, 0.15) is 5.66 Å². The number of amides is 2. The monoisotopic (exact) mass is 631 g/mol. The van der Waals surface area contributed by atoms with Gasteiger partial charge in [-0.1, -0.05) is 89.5 Å². The molecule has 1 aliphatic carbocycles. The molecule has 10 heteroatoms. The quantitative estimate of drug-likeness (QED) is 0.222. The molecule has 2 aromatic carbocycles. The summed E-state index contributed by atoms with van der Waals surface area (Å²) >= 11 is 0. The van der Waals surface area contributed by atoms with Crippen molar-refractivity contribution >= 4 is 17.6 Å². The molecule has 2 atom stereocenters. The number of benzene rings is 2. The Bertz CT molecular complexity index is 1350. The van der Waals surface area contributed by atoms with Crippen molar-refractivity contribution < 1.29 is 15.0 Å². The minimum atomic E-state index is -0.476. The number of carbonyl (C=O) groups is 2. The SMILES string of the molecule is CC(C)(C)CCC(c1ccc(C(=O)NCC2NNN[NH2+]2)cc1)N1C(=O)C(=NCCc2ccccc2)NC12CCC(C(C)(C)C)CC2. The molecule has 2 aromatic rings. The lowest BCUT2D eigenvalue weighted by Crippen LogP contribution is -2.96. The van der Waals surface area contributed by atoms with Gasteiger partial charge in [-0.05, 0) is 85.0 Å². The summed E-state index contributed by atoms with van der Waals surface area (Å²) in [7, 11) is 0. The minimum Gasteiger partial charge on any atom is -0.344 e. The van der Waals surface area contributed by atoms with Gasteiger partial charge >= 0.3 is 0 Å². The first-order valence-corrected chi connectivity index (χ1v) is 17.0. The zero-order valence-electron chi connectivity index (χ0n) is 28.6. The van der Waals surface area contributed by atoms with Crippen LogP contribution in [-0.4, -0.2) is 47.5 Å². The maximum atomic E-state index is 14.5. The molecule has 0 bridgehead atoms. The van der Waals surface area contributed by atoms with E-state index in [1.807, 2.05) is 47.9 Å². The van der Waals surface area contributed by atoms with Gasteiger partial charge in [-0.15, -0.1) is 5.53 Å². The van der Waals surface area contributed by atoms with Gasteiger partial charge in [-0.25, -0.2) is 5.43 Å². The molecule has 2 amide bonds. The van der Waals surface area contributed by atoms with Crippen molar-refractivity contribution in [2.75, 3.05) is 13.1 Å². The first-order valence-electron chi connectivity index (χ1n) is 17.0. The molecule has 2 heterocycles. The molecule has 3 aliphatic rings. The Morgan fingerprint density at radius 2 is 1.74 bits per heavy atom. The molecule has 46 heavy (non-hydrogen) atoms. The Balaban J connectivity index is 1.42. The normalized spacial score (nSPS) is 25.2. The molecule has 10 nitrogen and oxygen atoms in total. The van der Waals surface area contributed by atoms with Crippen LogP contribution in [-0.2, 0) is 11.2 Å². The predicted molar refractivity (Wildman–Crippen MR) is 182 cm³/mol. The lowest BCUT2D eigenvalue weighted by atomic mass is 9.69. The van der Waals surface area contributed by atoms with Crippen LogP contribution in [0, 0.1) is 16.7 Å². The van der Waals surface area contributed by atoms with E-state index < -0.39 is 5.66 Å². The van der Waals surface area contributed by atoms with Crippen molar-refractivity contribution in [3.8, 4) is 0 Å². The summed E-state index contributed by atoms with van der Waals surface area (Å²) in [6, 6.07) is 18.0. The topological polar surface area (TPSA) is 126 Å². The van der Waals surface area contributed by atoms with Gasteiger partial charge < -0.3 is 15.5 Å². The van der Waals surface area contributed by atoms with Crippen LogP contribution in [0.3, 0.4) is 0 Å². The summed E-state index contributed by atoms with van der Waals surface area (Å²) in [4.78, 5) is 34.5. The average molecular weight is 632 g/mol. The largest absolute Gasteiger partial charge is 0.344 e. The summed E-state index contributed by atoms with van der Waals surface area (Å²) in [6.07, 6.45) is 6.47. The Labute approximate surface area is 274 Å². The van der Waals surface area contributed by atoms with Gasteiger partial charge in [0.15, 0.2) is 12.0 Å². The molecule has 5 rings (SSSR count). The van der Waals surface area contributed by atoms with E-state index in [-0.39, 0.29) is 34.9 Å². The average Bonchev–Trinajstić information content (AvgIpc) is 3.63. The van der Waals surface area contributed by atoms with Crippen LogP contribution in [0.1, 0.15) is 108 Å². The molecule has 7 N–H and O–H groups in total. The second kappa shape index (κ2) is 14.2. The van der Waals surface area contributed by atoms with E-state index in [4.69, 9.17) is 4.99 Å². The van der Waals surface area contributed by atoms with Gasteiger partial charge in [0.05, 0.1) is 12.6 Å². The van der Waals surface area contributed by atoms with Gasteiger partial charge in [0.25, 0.3) is 11.8 Å². The van der Waals surface area contributed by atoms with Gasteiger partial charge in [-0.3, -0.25) is 14.6 Å². The van der Waals surface area contributed by atoms with Gasteiger partial charge in [-0.2, -0.15) is 5.43 Å². The van der Waals surface area contributed by atoms with Gasteiger partial charge in [0, 0.05) is 12.1 Å². The Morgan fingerprint density at radius 3 is 2.35 bits per heavy atom. The zero-order valence-corrected chi connectivity index (χ0v) is 28.6. The number of aliphatic imine (C=N–C) groups is 1. The Kier molecular flexibility index (Phi) is 10.5. The number of amidine groups is 1. The van der Waals surface area contributed by atoms with E-state index in [1.54, 1.807) is 0 Å². The second-order valence-electron chi connectivity index (χ2n) is 15.6. The van der Waals surface area contributed by atoms with Crippen molar-refractivity contribution in [2.24, 2.45) is 21.7 Å². The lowest BCUT2D eigenvalue weighted by molar-refractivity contribution is -0.725. The van der Waals surface area contributed by atoms with Gasteiger partial charge in [0.2, 0.25) is 0 Å². The third-order valence-corrected chi connectivity index (χ3v) is 9.92. The molecular formula is C36H55N8O2+. The summed E-state index contributed by atoms with van der Waals surface area (Å²) < 4.78 is 0. The number of carbonyl (C=O) groups excluding carboxylic acids is 2. The smallest absolute Gasteiger partial charge is 0.291 e. The molecule has 2 aliphatic heterocycles. The number of quaternary nitrogens is 1. The van der Waals surface area contributed by atoms with E-state index in [0.29, 0.717) is 30.4 Å². The fourth-order valence-electron chi connectivity index (χ4n) is 7.06. The lowest BCUT2D eigenvalue weighted by Gasteiger charge is -2.48. The van der Waals surface area contributed by atoms with Crippen LogP contribution in [0.2, 0.25) is 0 Å².